The molecule has 0 heterocycles. The number of nitrogens with one attached hydrogen (secondary N) is 1. The van der Waals surface area contributed by atoms with Crippen LogP contribution in [0.1, 0.15) is 0 Å². The number of rotatable bonds is 5. The maximum atomic E-state index is 11.8. The fraction of sp³-hybridized carbons (Fsp3) is 0.125. The molecular formula is C8H6BrCl2NO5S. The third-order valence-electron chi connectivity index (χ3n) is 1.60. The molecule has 0 aliphatic heterocycles. The summed E-state index contributed by atoms with van der Waals surface area (Å²) in [6, 6.07) is 2.67. The molecular weight excluding hydrogens is 373 g/mol. The Morgan fingerprint density at radius 2 is 1.89 bits per heavy atom. The number of benzene rings is 1. The van der Waals surface area contributed by atoms with Gasteiger partial charge in [-0.1, -0.05) is 44.0 Å². The molecule has 0 saturated heterocycles. The maximum absolute atomic E-state index is 11.8. The number of hydrogen-bond acceptors (Lipinski definition) is 4. The minimum absolute atomic E-state index is 0.124. The van der Waals surface area contributed by atoms with Crippen LogP contribution >= 0.6 is 39.1 Å². The van der Waals surface area contributed by atoms with E-state index in [-0.39, 0.29) is 14.9 Å². The summed E-state index contributed by atoms with van der Waals surface area (Å²) in [6.45, 7) is -0.828. The molecule has 1 aromatic rings. The number of carboxylic acid groups (broad SMARTS) is 1. The molecule has 10 heteroatoms. The zero-order chi connectivity index (χ0) is 13.9. The molecule has 6 nitrogen and oxygen atoms in total. The molecule has 2 N–H and O–H groups in total. The molecule has 1 aromatic carbocycles. The van der Waals surface area contributed by atoms with Crippen LogP contribution in [0.2, 0.25) is 10.0 Å². The summed E-state index contributed by atoms with van der Waals surface area (Å²) in [5.41, 5.74) is 0. The quantitative estimate of drug-likeness (QED) is 0.765. The summed E-state index contributed by atoms with van der Waals surface area (Å²) in [4.78, 5) is 15.7. The van der Waals surface area contributed by atoms with Gasteiger partial charge >= 0.3 is 5.97 Å². The lowest BCUT2D eigenvalue weighted by atomic mass is 10.4. The largest absolute Gasteiger partial charge is 0.479 e. The van der Waals surface area contributed by atoms with Crippen LogP contribution in [0.5, 0.6) is 0 Å². The second-order valence-corrected chi connectivity index (χ2v) is 6.28. The van der Waals surface area contributed by atoms with E-state index in [1.54, 1.807) is 4.89 Å². The van der Waals surface area contributed by atoms with Crippen LogP contribution in [-0.2, 0) is 19.7 Å². The Balaban J connectivity index is 3.02. The Morgan fingerprint density at radius 3 is 2.33 bits per heavy atom. The van der Waals surface area contributed by atoms with Crippen molar-refractivity contribution in [3.05, 3.63) is 26.7 Å². The lowest BCUT2D eigenvalue weighted by molar-refractivity contribution is -0.143. The van der Waals surface area contributed by atoms with Gasteiger partial charge < -0.3 is 5.11 Å². The highest BCUT2D eigenvalue weighted by Crippen LogP contribution is 2.32. The summed E-state index contributed by atoms with van der Waals surface area (Å²) < 4.78 is 24.0. The average molecular weight is 379 g/mol. The van der Waals surface area contributed by atoms with E-state index in [2.05, 4.69) is 20.8 Å². The first-order valence-electron chi connectivity index (χ1n) is 4.24. The Labute approximate surface area is 121 Å². The molecule has 0 unspecified atom stereocenters. The van der Waals surface area contributed by atoms with Crippen LogP contribution in [0, 0.1) is 0 Å². The highest BCUT2D eigenvalue weighted by molar-refractivity contribution is 9.10. The number of carboxylic acids is 1. The molecule has 0 amide bonds. The van der Waals surface area contributed by atoms with Crippen molar-refractivity contribution in [2.24, 2.45) is 0 Å². The average Bonchev–Trinajstić information content (AvgIpc) is 2.13. The third-order valence-corrected chi connectivity index (χ3v) is 4.19. The van der Waals surface area contributed by atoms with Crippen LogP contribution in [0.3, 0.4) is 0 Å². The molecule has 0 aromatic heterocycles. The first-order chi connectivity index (χ1) is 8.24. The van der Waals surface area contributed by atoms with Gasteiger partial charge in [-0.15, -0.1) is 0 Å². The SMILES string of the molecule is O=C(O)CONS(=O)(=O)c1c(Cl)cc(Br)cc1Cl. The van der Waals surface area contributed by atoms with Gasteiger partial charge in [-0.25, -0.2) is 13.2 Å². The van der Waals surface area contributed by atoms with Gasteiger partial charge in [0.2, 0.25) is 0 Å². The van der Waals surface area contributed by atoms with E-state index >= 15 is 0 Å². The molecule has 0 aliphatic carbocycles. The van der Waals surface area contributed by atoms with Gasteiger partial charge in [-0.05, 0) is 12.1 Å². The number of sulfonamides is 1. The van der Waals surface area contributed by atoms with E-state index in [1.165, 1.54) is 12.1 Å². The molecule has 0 spiro atoms. The first-order valence-corrected chi connectivity index (χ1v) is 7.27. The van der Waals surface area contributed by atoms with Crippen LogP contribution in [0.15, 0.2) is 21.5 Å². The van der Waals surface area contributed by atoms with Crippen molar-refractivity contribution in [1.29, 1.82) is 0 Å². The molecule has 100 valence electrons. The maximum Gasteiger partial charge on any atom is 0.331 e. The van der Waals surface area contributed by atoms with Gasteiger partial charge in [0.1, 0.15) is 4.90 Å². The van der Waals surface area contributed by atoms with Crippen molar-refractivity contribution in [1.82, 2.24) is 4.89 Å². The highest BCUT2D eigenvalue weighted by atomic mass is 79.9. The Bertz CT molecular complexity index is 554. The molecule has 0 atom stereocenters. The standard InChI is InChI=1S/C8H6BrCl2NO5S/c9-4-1-5(10)8(6(11)2-4)18(15,16)12-17-3-7(13)14/h1-2,12H,3H2,(H,13,14). The summed E-state index contributed by atoms with van der Waals surface area (Å²) in [7, 11) is -4.15. The zero-order valence-corrected chi connectivity index (χ0v) is 12.4. The van der Waals surface area contributed by atoms with Crippen molar-refractivity contribution in [3.63, 3.8) is 0 Å². The minimum atomic E-state index is -4.15. The lowest BCUT2D eigenvalue weighted by Gasteiger charge is -2.09. The second kappa shape index (κ2) is 6.18. The molecule has 0 aliphatic rings. The Hall–Kier alpha value is -0.380. The fourth-order valence-electron chi connectivity index (χ4n) is 0.996. The van der Waals surface area contributed by atoms with Gasteiger partial charge in [0, 0.05) is 4.47 Å². The van der Waals surface area contributed by atoms with E-state index in [1.807, 2.05) is 0 Å². The van der Waals surface area contributed by atoms with Crippen molar-refractivity contribution in [2.45, 2.75) is 4.90 Å². The predicted octanol–water partition coefficient (Wildman–Crippen LogP) is 2.05. The van der Waals surface area contributed by atoms with Crippen LogP contribution in [-0.4, -0.2) is 26.1 Å². The summed E-state index contributed by atoms with van der Waals surface area (Å²) in [5, 5.41) is 8.06. The molecule has 0 saturated carbocycles. The van der Waals surface area contributed by atoms with E-state index < -0.39 is 22.6 Å². The van der Waals surface area contributed by atoms with Gasteiger partial charge in [-0.3, -0.25) is 4.84 Å². The summed E-state index contributed by atoms with van der Waals surface area (Å²) >= 11 is 14.6. The van der Waals surface area contributed by atoms with Crippen molar-refractivity contribution in [2.75, 3.05) is 6.61 Å². The van der Waals surface area contributed by atoms with E-state index in [0.717, 1.165) is 0 Å². The van der Waals surface area contributed by atoms with E-state index in [9.17, 15) is 13.2 Å². The topological polar surface area (TPSA) is 92.7 Å². The highest BCUT2D eigenvalue weighted by Gasteiger charge is 2.23. The molecule has 18 heavy (non-hydrogen) atoms. The summed E-state index contributed by atoms with van der Waals surface area (Å²) in [6.07, 6.45) is 0. The van der Waals surface area contributed by atoms with Crippen molar-refractivity contribution < 1.29 is 23.2 Å². The Morgan fingerprint density at radius 1 is 1.39 bits per heavy atom. The van der Waals surface area contributed by atoms with Crippen molar-refractivity contribution in [3.8, 4) is 0 Å². The van der Waals surface area contributed by atoms with Crippen molar-refractivity contribution >= 4 is 55.1 Å². The first kappa shape index (κ1) is 15.7. The van der Waals surface area contributed by atoms with Crippen LogP contribution in [0.4, 0.5) is 0 Å². The Kier molecular flexibility index (Phi) is 5.38. The van der Waals surface area contributed by atoms with Crippen LogP contribution < -0.4 is 4.89 Å². The number of carbonyl (C=O) groups is 1. The lowest BCUT2D eigenvalue weighted by Crippen LogP contribution is -2.27. The second-order valence-electron chi connectivity index (χ2n) is 2.97. The normalized spacial score (nSPS) is 11.5. The molecule has 0 fully saturated rings. The molecule has 0 radical (unpaired) electrons. The van der Waals surface area contributed by atoms with Gasteiger partial charge in [-0.2, -0.15) is 0 Å². The predicted molar refractivity (Wildman–Crippen MR) is 68.1 cm³/mol. The molecule has 1 rings (SSSR count). The smallest absolute Gasteiger partial charge is 0.331 e. The third kappa shape index (κ3) is 4.08. The van der Waals surface area contributed by atoms with Gasteiger partial charge in [0.15, 0.2) is 6.61 Å². The minimum Gasteiger partial charge on any atom is -0.479 e. The van der Waals surface area contributed by atoms with E-state index in [4.69, 9.17) is 28.3 Å². The monoisotopic (exact) mass is 377 g/mol. The van der Waals surface area contributed by atoms with E-state index in [0.29, 0.717) is 4.47 Å². The zero-order valence-electron chi connectivity index (χ0n) is 8.48. The summed E-state index contributed by atoms with van der Waals surface area (Å²) in [5.74, 6) is -1.33. The number of aliphatic carboxylic acids is 1. The molecule has 0 bridgehead atoms. The number of halogens is 3. The van der Waals surface area contributed by atoms with Gasteiger partial charge in [0.05, 0.1) is 10.0 Å². The fourth-order valence-corrected chi connectivity index (χ4v) is 3.74. The number of hydrogen-bond donors (Lipinski definition) is 2. The van der Waals surface area contributed by atoms with Crippen LogP contribution in [0.25, 0.3) is 0 Å². The van der Waals surface area contributed by atoms with Gasteiger partial charge in [0.25, 0.3) is 10.0 Å².